The van der Waals surface area contributed by atoms with E-state index in [2.05, 4.69) is 15.3 Å². The summed E-state index contributed by atoms with van der Waals surface area (Å²) in [6.07, 6.45) is 1.39. The predicted octanol–water partition coefficient (Wildman–Crippen LogP) is 1.30. The summed E-state index contributed by atoms with van der Waals surface area (Å²) in [5.41, 5.74) is 6.84. The number of benzene rings is 1. The molecule has 152 valence electrons. The number of nitrogens with one attached hydrogen (secondary N) is 1. The Labute approximate surface area is 172 Å². The maximum absolute atomic E-state index is 12.6. The van der Waals surface area contributed by atoms with Gasteiger partial charge in [0.25, 0.3) is 5.91 Å². The molecular formula is C18H18ClN5O4S. The Morgan fingerprint density at radius 3 is 2.83 bits per heavy atom. The van der Waals surface area contributed by atoms with Crippen LogP contribution in [0.25, 0.3) is 0 Å². The van der Waals surface area contributed by atoms with E-state index in [0.29, 0.717) is 22.9 Å². The van der Waals surface area contributed by atoms with Gasteiger partial charge in [-0.3, -0.25) is 4.79 Å². The van der Waals surface area contributed by atoms with Crippen LogP contribution in [0.15, 0.2) is 41.5 Å². The van der Waals surface area contributed by atoms with Crippen molar-refractivity contribution < 1.29 is 17.9 Å². The van der Waals surface area contributed by atoms with Crippen LogP contribution >= 0.6 is 11.6 Å². The molecule has 1 atom stereocenters. The molecule has 2 aliphatic rings. The summed E-state index contributed by atoms with van der Waals surface area (Å²) < 4.78 is 31.7. The fraction of sp³-hybridized carbons (Fsp3) is 0.278. The predicted molar refractivity (Wildman–Crippen MR) is 108 cm³/mol. The molecule has 0 radical (unpaired) electrons. The lowest BCUT2D eigenvalue weighted by atomic mass is 9.87. The molecule has 3 heterocycles. The minimum absolute atomic E-state index is 0.0733. The van der Waals surface area contributed by atoms with Crippen molar-refractivity contribution in [3.05, 3.63) is 58.4 Å². The van der Waals surface area contributed by atoms with Crippen LogP contribution in [-0.4, -0.2) is 49.0 Å². The number of ether oxygens (including phenoxy) is 1. The molecule has 1 aromatic heterocycles. The SMILES string of the molecule is CN1C(N)=N[C@@]2(COCc3ccc(NC(=O)c4ccc(Cl)cn4)cc32)CS1(=O)=O. The molecule has 2 aromatic rings. The smallest absolute Gasteiger partial charge is 0.274 e. The number of carbonyl (C=O) groups excluding carboxylic acids is 1. The van der Waals surface area contributed by atoms with Crippen LogP contribution in [0.3, 0.4) is 0 Å². The van der Waals surface area contributed by atoms with Crippen molar-refractivity contribution in [2.24, 2.45) is 10.7 Å². The van der Waals surface area contributed by atoms with Gasteiger partial charge in [-0.15, -0.1) is 0 Å². The first-order chi connectivity index (χ1) is 13.7. The lowest BCUT2D eigenvalue weighted by molar-refractivity contribution is 0.0604. The van der Waals surface area contributed by atoms with Gasteiger partial charge in [-0.2, -0.15) is 0 Å². The number of aromatic nitrogens is 1. The normalized spacial score (nSPS) is 22.7. The molecule has 0 saturated carbocycles. The number of aliphatic imine (C=N–C) groups is 1. The summed E-state index contributed by atoms with van der Waals surface area (Å²) in [4.78, 5) is 20.9. The summed E-state index contributed by atoms with van der Waals surface area (Å²) in [6, 6.07) is 8.29. The van der Waals surface area contributed by atoms with Crippen molar-refractivity contribution in [1.29, 1.82) is 0 Å². The average Bonchev–Trinajstić information content (AvgIpc) is 2.67. The summed E-state index contributed by atoms with van der Waals surface area (Å²) in [7, 11) is -2.29. The molecule has 0 unspecified atom stereocenters. The van der Waals surface area contributed by atoms with Crippen LogP contribution in [0.1, 0.15) is 21.6 Å². The Kier molecular flexibility index (Phi) is 4.72. The number of halogens is 1. The highest BCUT2D eigenvalue weighted by molar-refractivity contribution is 7.89. The van der Waals surface area contributed by atoms with Gasteiger partial charge in [0, 0.05) is 18.9 Å². The Morgan fingerprint density at radius 1 is 1.34 bits per heavy atom. The van der Waals surface area contributed by atoms with Gasteiger partial charge in [0.2, 0.25) is 16.0 Å². The summed E-state index contributed by atoms with van der Waals surface area (Å²) in [6.45, 7) is 0.388. The first-order valence-electron chi connectivity index (χ1n) is 8.66. The largest absolute Gasteiger partial charge is 0.374 e. The van der Waals surface area contributed by atoms with Crippen molar-refractivity contribution in [1.82, 2.24) is 9.29 Å². The van der Waals surface area contributed by atoms with E-state index in [1.807, 2.05) is 0 Å². The Balaban J connectivity index is 1.71. The van der Waals surface area contributed by atoms with Crippen molar-refractivity contribution in [3.63, 3.8) is 0 Å². The molecule has 1 amide bonds. The molecule has 0 bridgehead atoms. The highest BCUT2D eigenvalue weighted by atomic mass is 35.5. The first kappa shape index (κ1) is 19.6. The lowest BCUT2D eigenvalue weighted by Gasteiger charge is -2.40. The molecule has 9 nitrogen and oxygen atoms in total. The third-order valence-corrected chi connectivity index (χ3v) is 7.00. The zero-order valence-electron chi connectivity index (χ0n) is 15.4. The number of nitrogens with two attached hydrogens (primary N) is 1. The van der Waals surface area contributed by atoms with E-state index in [4.69, 9.17) is 22.1 Å². The highest BCUT2D eigenvalue weighted by Gasteiger charge is 2.46. The van der Waals surface area contributed by atoms with Crippen molar-refractivity contribution in [2.45, 2.75) is 12.1 Å². The van der Waals surface area contributed by atoms with Gasteiger partial charge in [-0.25, -0.2) is 22.7 Å². The monoisotopic (exact) mass is 435 g/mol. The van der Waals surface area contributed by atoms with Crippen LogP contribution in [-0.2, 0) is 26.9 Å². The van der Waals surface area contributed by atoms with E-state index in [-0.39, 0.29) is 24.0 Å². The van der Waals surface area contributed by atoms with Crippen LogP contribution < -0.4 is 11.1 Å². The molecule has 2 aliphatic heterocycles. The second kappa shape index (κ2) is 6.97. The Morgan fingerprint density at radius 2 is 2.14 bits per heavy atom. The highest BCUT2D eigenvalue weighted by Crippen LogP contribution is 2.39. The molecule has 29 heavy (non-hydrogen) atoms. The van der Waals surface area contributed by atoms with Crippen LogP contribution in [0.2, 0.25) is 5.02 Å². The molecular weight excluding hydrogens is 418 g/mol. The van der Waals surface area contributed by atoms with Gasteiger partial charge < -0.3 is 15.8 Å². The van der Waals surface area contributed by atoms with E-state index in [0.717, 1.165) is 9.87 Å². The molecule has 0 saturated heterocycles. The number of hydrogen-bond acceptors (Lipinski definition) is 7. The number of pyridine rings is 1. The maximum atomic E-state index is 12.6. The third kappa shape index (κ3) is 3.54. The van der Waals surface area contributed by atoms with Crippen molar-refractivity contribution in [2.75, 3.05) is 24.7 Å². The van der Waals surface area contributed by atoms with E-state index in [1.54, 1.807) is 24.3 Å². The standard InChI is InChI=1S/C18H18ClN5O4S/c1-24-17(20)23-18(10-29(24,26)27)9-28-8-11-2-4-13(6-14(11)18)22-16(25)15-5-3-12(19)7-21-15/h2-7H,8-10H2,1H3,(H2,20,23)(H,22,25)/t18-/m0/s1. The lowest BCUT2D eigenvalue weighted by Crippen LogP contribution is -2.54. The number of carbonyl (C=O) groups is 1. The quantitative estimate of drug-likeness (QED) is 0.732. The Hall–Kier alpha value is -2.69. The number of hydrogen-bond donors (Lipinski definition) is 2. The van der Waals surface area contributed by atoms with Gasteiger partial charge in [-0.1, -0.05) is 17.7 Å². The number of nitrogens with zero attached hydrogens (tertiary/aromatic N) is 3. The van der Waals surface area contributed by atoms with Gasteiger partial charge in [0.05, 0.1) is 18.2 Å². The number of guanidine groups is 1. The van der Waals surface area contributed by atoms with Crippen LogP contribution in [0.4, 0.5) is 5.69 Å². The number of anilines is 1. The van der Waals surface area contributed by atoms with E-state index in [9.17, 15) is 13.2 Å². The van der Waals surface area contributed by atoms with Crippen molar-refractivity contribution in [3.8, 4) is 0 Å². The van der Waals surface area contributed by atoms with E-state index >= 15 is 0 Å². The molecule has 11 heteroatoms. The van der Waals surface area contributed by atoms with Crippen LogP contribution in [0.5, 0.6) is 0 Å². The van der Waals surface area contributed by atoms with E-state index < -0.39 is 21.5 Å². The summed E-state index contributed by atoms with van der Waals surface area (Å²) in [5, 5.41) is 3.19. The maximum Gasteiger partial charge on any atom is 0.274 e. The van der Waals surface area contributed by atoms with E-state index in [1.165, 1.54) is 19.3 Å². The zero-order valence-corrected chi connectivity index (χ0v) is 17.0. The number of amides is 1. The van der Waals surface area contributed by atoms with Crippen molar-refractivity contribution >= 4 is 39.2 Å². The fourth-order valence-corrected chi connectivity index (χ4v) is 4.94. The second-order valence-electron chi connectivity index (χ2n) is 6.91. The number of sulfonamides is 1. The zero-order chi connectivity index (χ0) is 20.8. The minimum atomic E-state index is -3.66. The summed E-state index contributed by atoms with van der Waals surface area (Å²) in [5.74, 6) is -0.797. The minimum Gasteiger partial charge on any atom is -0.374 e. The van der Waals surface area contributed by atoms with Gasteiger partial charge in [0.15, 0.2) is 0 Å². The van der Waals surface area contributed by atoms with Gasteiger partial charge in [-0.05, 0) is 35.4 Å². The first-order valence-corrected chi connectivity index (χ1v) is 10.6. The molecule has 0 aliphatic carbocycles. The molecule has 1 aromatic carbocycles. The topological polar surface area (TPSA) is 127 Å². The molecule has 1 spiro atoms. The van der Waals surface area contributed by atoms with Crippen LogP contribution in [0, 0.1) is 0 Å². The summed E-state index contributed by atoms with van der Waals surface area (Å²) >= 11 is 5.80. The molecule has 3 N–H and O–H groups in total. The number of rotatable bonds is 2. The van der Waals surface area contributed by atoms with Gasteiger partial charge in [0.1, 0.15) is 17.0 Å². The Bertz CT molecular complexity index is 1120. The third-order valence-electron chi connectivity index (χ3n) is 4.92. The molecule has 0 fully saturated rings. The average molecular weight is 436 g/mol. The number of fused-ring (bicyclic) bond motifs is 2. The second-order valence-corrected chi connectivity index (χ2v) is 9.34. The fourth-order valence-electron chi connectivity index (χ4n) is 3.40. The molecule has 4 rings (SSSR count). The van der Waals surface area contributed by atoms with Gasteiger partial charge >= 0.3 is 0 Å².